The van der Waals surface area contributed by atoms with Crippen LogP contribution in [0, 0.1) is 0 Å². The summed E-state index contributed by atoms with van der Waals surface area (Å²) in [7, 11) is 0. The van der Waals surface area contributed by atoms with Gasteiger partial charge in [0.15, 0.2) is 5.78 Å². The van der Waals surface area contributed by atoms with Crippen LogP contribution in [-0.2, 0) is 16.0 Å². The average Bonchev–Trinajstić information content (AvgIpc) is 2.43. The lowest BCUT2D eigenvalue weighted by molar-refractivity contribution is -0.115. The summed E-state index contributed by atoms with van der Waals surface area (Å²) in [6, 6.07) is 5.24. The molecule has 1 heterocycles. The van der Waals surface area contributed by atoms with Gasteiger partial charge in [-0.2, -0.15) is 0 Å². The normalized spacial score (nSPS) is 14.9. The molecule has 0 aromatic heterocycles. The van der Waals surface area contributed by atoms with Crippen molar-refractivity contribution in [2.45, 2.75) is 19.8 Å². The Labute approximate surface area is 133 Å². The molecule has 0 unspecified atom stereocenters. The van der Waals surface area contributed by atoms with Crippen molar-refractivity contribution < 1.29 is 14.3 Å². The fourth-order valence-corrected chi connectivity index (χ4v) is 2.44. The summed E-state index contributed by atoms with van der Waals surface area (Å²) in [5.41, 5.74) is 1.49. The zero-order valence-corrected chi connectivity index (χ0v) is 13.1. The highest BCUT2D eigenvalue weighted by atomic mass is 35.5. The molecule has 1 aromatic carbocycles. The van der Waals surface area contributed by atoms with Crippen LogP contribution in [-0.4, -0.2) is 29.9 Å². The summed E-state index contributed by atoms with van der Waals surface area (Å²) in [5.74, 6) is 0.00519. The van der Waals surface area contributed by atoms with Gasteiger partial charge in [0.25, 0.3) is 0 Å². The molecule has 0 atom stereocenters. The Kier molecular flexibility index (Phi) is 5.26. The van der Waals surface area contributed by atoms with E-state index in [9.17, 15) is 9.59 Å². The van der Waals surface area contributed by atoms with E-state index in [4.69, 9.17) is 27.9 Å². The second-order valence-electron chi connectivity index (χ2n) is 4.63. The predicted molar refractivity (Wildman–Crippen MR) is 81.6 cm³/mol. The number of hydrogen-bond acceptors (Lipinski definition) is 3. The molecule has 1 aromatic rings. The number of carbonyl (C=O) groups excluding carboxylic acids is 2. The van der Waals surface area contributed by atoms with E-state index >= 15 is 0 Å². The summed E-state index contributed by atoms with van der Waals surface area (Å²) >= 11 is 11.9. The van der Waals surface area contributed by atoms with Crippen molar-refractivity contribution in [2.24, 2.45) is 0 Å². The highest BCUT2D eigenvalue weighted by molar-refractivity contribution is 6.42. The number of nitrogens with zero attached hydrogens (tertiary/aromatic N) is 1. The summed E-state index contributed by atoms with van der Waals surface area (Å²) in [4.78, 5) is 25.0. The first-order chi connectivity index (χ1) is 10.0. The quantitative estimate of drug-likeness (QED) is 0.847. The molecule has 4 nitrogen and oxygen atoms in total. The van der Waals surface area contributed by atoms with Gasteiger partial charge < -0.3 is 4.74 Å². The van der Waals surface area contributed by atoms with Gasteiger partial charge in [0.2, 0.25) is 0 Å². The Hall–Kier alpha value is -1.52. The maximum Gasteiger partial charge on any atom is 0.414 e. The fourth-order valence-electron chi connectivity index (χ4n) is 2.12. The third kappa shape index (κ3) is 3.99. The van der Waals surface area contributed by atoms with Crippen LogP contribution < -0.4 is 0 Å². The molecule has 112 valence electrons. The fraction of sp³-hybridized carbons (Fsp3) is 0.333. The van der Waals surface area contributed by atoms with Crippen molar-refractivity contribution in [3.63, 3.8) is 0 Å². The molecule has 6 heteroatoms. The van der Waals surface area contributed by atoms with Gasteiger partial charge >= 0.3 is 6.09 Å². The summed E-state index contributed by atoms with van der Waals surface area (Å²) in [5, 5.41) is 0.913. The molecule has 0 bridgehead atoms. The first-order valence-electron chi connectivity index (χ1n) is 6.63. The zero-order valence-electron chi connectivity index (χ0n) is 11.6. The molecule has 0 aliphatic carbocycles. The Morgan fingerprint density at radius 3 is 2.76 bits per heavy atom. The number of benzene rings is 1. The predicted octanol–water partition coefficient (Wildman–Crippen LogP) is 3.85. The van der Waals surface area contributed by atoms with Crippen molar-refractivity contribution in [2.75, 3.05) is 13.2 Å². The van der Waals surface area contributed by atoms with Crippen molar-refractivity contribution in [1.82, 2.24) is 4.90 Å². The number of carbonyl (C=O) groups is 2. The summed E-state index contributed by atoms with van der Waals surface area (Å²) in [6.07, 6.45) is 1.78. The molecule has 1 aliphatic heterocycles. The van der Waals surface area contributed by atoms with E-state index in [0.29, 0.717) is 41.7 Å². The highest BCUT2D eigenvalue weighted by Gasteiger charge is 2.24. The van der Waals surface area contributed by atoms with E-state index in [1.165, 1.54) is 11.0 Å². The molecule has 0 spiro atoms. The largest absolute Gasteiger partial charge is 0.449 e. The van der Waals surface area contributed by atoms with Crippen LogP contribution >= 0.6 is 23.2 Å². The summed E-state index contributed by atoms with van der Waals surface area (Å²) in [6.45, 7) is 2.38. The number of rotatable bonds is 3. The van der Waals surface area contributed by atoms with E-state index in [2.05, 4.69) is 0 Å². The van der Waals surface area contributed by atoms with Gasteiger partial charge in [-0.3, -0.25) is 9.69 Å². The molecule has 0 saturated carbocycles. The van der Waals surface area contributed by atoms with Crippen LogP contribution in [0.3, 0.4) is 0 Å². The van der Waals surface area contributed by atoms with Crippen LogP contribution in [0.15, 0.2) is 30.0 Å². The Morgan fingerprint density at radius 2 is 2.10 bits per heavy atom. The van der Waals surface area contributed by atoms with Gasteiger partial charge in [-0.25, -0.2) is 4.79 Å². The van der Waals surface area contributed by atoms with Gasteiger partial charge in [0.1, 0.15) is 0 Å². The van der Waals surface area contributed by atoms with Gasteiger partial charge in [-0.15, -0.1) is 0 Å². The molecule has 0 fully saturated rings. The molecular formula is C15H15Cl2NO3. The third-order valence-corrected chi connectivity index (χ3v) is 3.85. The first-order valence-corrected chi connectivity index (χ1v) is 7.38. The highest BCUT2D eigenvalue weighted by Crippen LogP contribution is 2.25. The SMILES string of the molecule is CCOC(=O)N1CCC(=O)C=C1Cc1ccc(Cl)c(Cl)c1. The van der Waals surface area contributed by atoms with E-state index in [1.807, 2.05) is 6.07 Å². The summed E-state index contributed by atoms with van der Waals surface area (Å²) < 4.78 is 5.02. The maximum atomic E-state index is 11.9. The van der Waals surface area contributed by atoms with Crippen LogP contribution in [0.5, 0.6) is 0 Å². The smallest absolute Gasteiger partial charge is 0.414 e. The second-order valence-corrected chi connectivity index (χ2v) is 5.44. The minimum absolute atomic E-state index is 0.00519. The van der Waals surface area contributed by atoms with Crippen LogP contribution in [0.2, 0.25) is 10.0 Å². The number of hydrogen-bond donors (Lipinski definition) is 0. The number of allylic oxidation sites excluding steroid dienone is 2. The third-order valence-electron chi connectivity index (χ3n) is 3.11. The zero-order chi connectivity index (χ0) is 15.4. The first kappa shape index (κ1) is 15.9. The molecule has 1 amide bonds. The van der Waals surface area contributed by atoms with Crippen LogP contribution in [0.4, 0.5) is 4.79 Å². The van der Waals surface area contributed by atoms with E-state index in [-0.39, 0.29) is 5.78 Å². The monoisotopic (exact) mass is 327 g/mol. The minimum atomic E-state index is -0.434. The van der Waals surface area contributed by atoms with E-state index < -0.39 is 6.09 Å². The van der Waals surface area contributed by atoms with Crippen molar-refractivity contribution in [3.05, 3.63) is 45.6 Å². The topological polar surface area (TPSA) is 46.6 Å². The number of amides is 1. The van der Waals surface area contributed by atoms with E-state index in [0.717, 1.165) is 5.56 Å². The number of ether oxygens (including phenoxy) is 1. The molecule has 0 saturated heterocycles. The van der Waals surface area contributed by atoms with E-state index in [1.54, 1.807) is 19.1 Å². The molecule has 1 aliphatic rings. The lowest BCUT2D eigenvalue weighted by Crippen LogP contribution is -2.36. The molecule has 0 radical (unpaired) electrons. The number of ketones is 1. The van der Waals surface area contributed by atoms with Crippen molar-refractivity contribution in [3.8, 4) is 0 Å². The van der Waals surface area contributed by atoms with Crippen LogP contribution in [0.1, 0.15) is 18.9 Å². The Bertz CT molecular complexity index is 599. The lowest BCUT2D eigenvalue weighted by atomic mass is 10.0. The van der Waals surface area contributed by atoms with Crippen molar-refractivity contribution >= 4 is 35.1 Å². The Morgan fingerprint density at radius 1 is 1.33 bits per heavy atom. The standard InChI is InChI=1S/C15H15Cl2NO3/c1-2-21-15(20)18-6-5-12(19)9-11(18)7-10-3-4-13(16)14(17)8-10/h3-4,8-9H,2,5-7H2,1H3. The molecule has 2 rings (SSSR count). The van der Waals surface area contributed by atoms with Crippen LogP contribution in [0.25, 0.3) is 0 Å². The Balaban J connectivity index is 2.22. The lowest BCUT2D eigenvalue weighted by Gasteiger charge is -2.27. The maximum absolute atomic E-state index is 11.9. The van der Waals surface area contributed by atoms with Gasteiger partial charge in [0.05, 0.1) is 16.7 Å². The molecule has 21 heavy (non-hydrogen) atoms. The van der Waals surface area contributed by atoms with Gasteiger partial charge in [-0.05, 0) is 24.6 Å². The number of halogens is 2. The minimum Gasteiger partial charge on any atom is -0.449 e. The second kappa shape index (κ2) is 6.96. The van der Waals surface area contributed by atoms with Crippen molar-refractivity contribution in [1.29, 1.82) is 0 Å². The van der Waals surface area contributed by atoms with Gasteiger partial charge in [0, 0.05) is 31.2 Å². The van der Waals surface area contributed by atoms with Gasteiger partial charge in [-0.1, -0.05) is 29.3 Å². The molecular weight excluding hydrogens is 313 g/mol. The average molecular weight is 328 g/mol. The molecule has 0 N–H and O–H groups in total.